The second kappa shape index (κ2) is 8.29. The van der Waals surface area contributed by atoms with Crippen LogP contribution in [0.5, 0.6) is 0 Å². The first-order valence-electron chi connectivity index (χ1n) is 7.51. The van der Waals surface area contributed by atoms with Crippen molar-refractivity contribution >= 4 is 43.4 Å². The van der Waals surface area contributed by atoms with E-state index in [0.717, 1.165) is 20.3 Å². The molecule has 0 spiro atoms. The lowest BCUT2D eigenvalue weighted by molar-refractivity contribution is 0.483. The van der Waals surface area contributed by atoms with Gasteiger partial charge in [0.2, 0.25) is 0 Å². The average Bonchev–Trinajstić information content (AvgIpc) is 2.87. The molecule has 0 radical (unpaired) electrons. The second-order valence-electron chi connectivity index (χ2n) is 5.20. The summed E-state index contributed by atoms with van der Waals surface area (Å²) < 4.78 is 33.1. The summed E-state index contributed by atoms with van der Waals surface area (Å²) in [5, 5.41) is 0. The summed E-state index contributed by atoms with van der Waals surface area (Å²) in [7, 11) is -4.14. The minimum absolute atomic E-state index is 0.0730. The molecule has 4 nitrogen and oxygen atoms in total. The van der Waals surface area contributed by atoms with Crippen LogP contribution in [-0.4, -0.2) is 23.7 Å². The lowest BCUT2D eigenvalue weighted by atomic mass is 10.1. The van der Waals surface area contributed by atoms with Gasteiger partial charge in [0.05, 0.1) is 15.1 Å². The normalized spacial score (nSPS) is 12.1. The van der Waals surface area contributed by atoms with Crippen LogP contribution in [0.3, 0.4) is 0 Å². The Labute approximate surface area is 140 Å². The van der Waals surface area contributed by atoms with E-state index in [1.807, 2.05) is 0 Å². The lowest BCUT2D eigenvalue weighted by Crippen LogP contribution is -1.96. The molecule has 2 rings (SSSR count). The number of fused-ring (bicyclic) bond motifs is 1. The first-order chi connectivity index (χ1) is 10.5. The van der Waals surface area contributed by atoms with Crippen LogP contribution < -0.4 is 0 Å². The van der Waals surface area contributed by atoms with Gasteiger partial charge in [0, 0.05) is 5.75 Å². The van der Waals surface area contributed by atoms with Crippen LogP contribution in [0.25, 0.3) is 10.2 Å². The van der Waals surface area contributed by atoms with Crippen LogP contribution in [0, 0.1) is 0 Å². The number of hydrogen-bond donors (Lipinski definition) is 1. The van der Waals surface area contributed by atoms with Crippen LogP contribution in [0.4, 0.5) is 0 Å². The molecule has 0 saturated heterocycles. The number of rotatable bonds is 9. The topological polar surface area (TPSA) is 67.3 Å². The van der Waals surface area contributed by atoms with Crippen LogP contribution in [0.15, 0.2) is 27.4 Å². The molecule has 7 heteroatoms. The van der Waals surface area contributed by atoms with Crippen molar-refractivity contribution in [3.63, 3.8) is 0 Å². The van der Waals surface area contributed by atoms with Crippen molar-refractivity contribution in [2.75, 3.05) is 5.75 Å². The molecule has 122 valence electrons. The summed E-state index contributed by atoms with van der Waals surface area (Å²) in [5.74, 6) is 1.04. The third kappa shape index (κ3) is 5.22. The quantitative estimate of drug-likeness (QED) is 0.388. The van der Waals surface area contributed by atoms with Crippen LogP contribution in [0.1, 0.15) is 45.4 Å². The molecule has 0 amide bonds. The fourth-order valence-electron chi connectivity index (χ4n) is 2.15. The molecule has 0 atom stereocenters. The number of thiazole rings is 1. The molecule has 2 aromatic rings. The van der Waals surface area contributed by atoms with E-state index in [9.17, 15) is 8.42 Å². The van der Waals surface area contributed by atoms with Gasteiger partial charge in [-0.2, -0.15) is 8.42 Å². The summed E-state index contributed by atoms with van der Waals surface area (Å²) >= 11 is 3.19. The number of aromatic nitrogens is 1. The molecule has 1 heterocycles. The first-order valence-corrected chi connectivity index (χ1v) is 10.8. The smallest absolute Gasteiger partial charge is 0.282 e. The number of benzene rings is 1. The highest BCUT2D eigenvalue weighted by molar-refractivity contribution is 8.01. The van der Waals surface area contributed by atoms with E-state index < -0.39 is 10.1 Å². The van der Waals surface area contributed by atoms with E-state index >= 15 is 0 Å². The van der Waals surface area contributed by atoms with Gasteiger partial charge in [-0.05, 0) is 24.6 Å². The van der Waals surface area contributed by atoms with E-state index in [1.54, 1.807) is 17.8 Å². The molecule has 1 aromatic heterocycles. The van der Waals surface area contributed by atoms with E-state index in [2.05, 4.69) is 11.9 Å². The fourth-order valence-corrected chi connectivity index (χ4v) is 4.91. The molecule has 0 saturated carbocycles. The molecule has 1 aromatic carbocycles. The molecule has 0 unspecified atom stereocenters. The number of nitrogens with zero attached hydrogens (tertiary/aromatic N) is 1. The fraction of sp³-hybridized carbons (Fsp3) is 0.533. The van der Waals surface area contributed by atoms with E-state index in [-0.39, 0.29) is 4.90 Å². The second-order valence-corrected chi connectivity index (χ2v) is 8.99. The van der Waals surface area contributed by atoms with Crippen LogP contribution in [-0.2, 0) is 10.1 Å². The van der Waals surface area contributed by atoms with Crippen molar-refractivity contribution in [1.29, 1.82) is 0 Å². The number of hydrogen-bond acceptors (Lipinski definition) is 5. The molecule has 22 heavy (non-hydrogen) atoms. The predicted octanol–water partition coefficient (Wildman–Crippen LogP) is 5.00. The Morgan fingerprint density at radius 1 is 1.18 bits per heavy atom. The SMILES string of the molecule is CCCCCCCCSc1nc2ccc(S(=O)(=O)O)cc2s1. The van der Waals surface area contributed by atoms with Crippen molar-refractivity contribution in [2.24, 2.45) is 0 Å². The molecular weight excluding hydrogens is 338 g/mol. The minimum Gasteiger partial charge on any atom is -0.282 e. The van der Waals surface area contributed by atoms with Crippen molar-refractivity contribution in [1.82, 2.24) is 4.98 Å². The highest BCUT2D eigenvalue weighted by atomic mass is 32.2. The molecule has 0 aliphatic rings. The zero-order valence-corrected chi connectivity index (χ0v) is 15.1. The lowest BCUT2D eigenvalue weighted by Gasteiger charge is -1.99. The van der Waals surface area contributed by atoms with Crippen molar-refractivity contribution in [2.45, 2.75) is 54.7 Å². The summed E-state index contributed by atoms with van der Waals surface area (Å²) in [5.41, 5.74) is 0.780. The largest absolute Gasteiger partial charge is 0.294 e. The average molecular weight is 360 g/mol. The molecule has 0 bridgehead atoms. The molecule has 0 aliphatic heterocycles. The molecular formula is C15H21NO3S3. The highest BCUT2D eigenvalue weighted by Crippen LogP contribution is 2.31. The Hall–Kier alpha value is -0.630. The van der Waals surface area contributed by atoms with Gasteiger partial charge < -0.3 is 0 Å². The Balaban J connectivity index is 1.88. The highest BCUT2D eigenvalue weighted by Gasteiger charge is 2.12. The van der Waals surface area contributed by atoms with E-state index in [4.69, 9.17) is 4.55 Å². The minimum atomic E-state index is -4.14. The Bertz CT molecular complexity index is 710. The van der Waals surface area contributed by atoms with Gasteiger partial charge in [-0.15, -0.1) is 11.3 Å². The van der Waals surface area contributed by atoms with Gasteiger partial charge in [-0.25, -0.2) is 4.98 Å². The standard InChI is InChI=1S/C15H21NO3S3/c1-2-3-4-5-6-7-10-20-15-16-13-9-8-12(22(17,18)19)11-14(13)21-15/h8-9,11H,2-7,10H2,1H3,(H,17,18,19). The van der Waals surface area contributed by atoms with Gasteiger partial charge >= 0.3 is 0 Å². The van der Waals surface area contributed by atoms with E-state index in [0.29, 0.717) is 0 Å². The number of unbranched alkanes of at least 4 members (excludes halogenated alkanes) is 5. The van der Waals surface area contributed by atoms with Crippen LogP contribution >= 0.6 is 23.1 Å². The monoisotopic (exact) mass is 359 g/mol. The predicted molar refractivity (Wildman–Crippen MR) is 93.5 cm³/mol. The molecule has 1 N–H and O–H groups in total. The maximum atomic E-state index is 11.1. The summed E-state index contributed by atoms with van der Waals surface area (Å²) in [6, 6.07) is 4.51. The molecule has 0 fully saturated rings. The van der Waals surface area contributed by atoms with Crippen LogP contribution in [0.2, 0.25) is 0 Å². The summed E-state index contributed by atoms with van der Waals surface area (Å²) in [6.07, 6.45) is 7.64. The van der Waals surface area contributed by atoms with Gasteiger partial charge in [0.1, 0.15) is 0 Å². The van der Waals surface area contributed by atoms with Crippen molar-refractivity contribution < 1.29 is 13.0 Å². The van der Waals surface area contributed by atoms with Crippen molar-refractivity contribution in [3.8, 4) is 0 Å². The van der Waals surface area contributed by atoms with Crippen molar-refractivity contribution in [3.05, 3.63) is 18.2 Å². The maximum absolute atomic E-state index is 11.1. The Kier molecular flexibility index (Phi) is 6.67. The molecule has 0 aliphatic carbocycles. The van der Waals surface area contributed by atoms with Gasteiger partial charge in [0.25, 0.3) is 10.1 Å². The summed E-state index contributed by atoms with van der Waals surface area (Å²) in [6.45, 7) is 2.22. The zero-order chi connectivity index (χ0) is 16.0. The first kappa shape index (κ1) is 17.7. The van der Waals surface area contributed by atoms with E-state index in [1.165, 1.54) is 62.0 Å². The van der Waals surface area contributed by atoms with Gasteiger partial charge in [-0.3, -0.25) is 4.55 Å². The summed E-state index contributed by atoms with van der Waals surface area (Å²) in [4.78, 5) is 4.42. The zero-order valence-electron chi connectivity index (χ0n) is 12.6. The third-order valence-electron chi connectivity index (χ3n) is 3.36. The van der Waals surface area contributed by atoms with Gasteiger partial charge in [-0.1, -0.05) is 50.8 Å². The number of thioether (sulfide) groups is 1. The Morgan fingerprint density at radius 3 is 2.64 bits per heavy atom. The Morgan fingerprint density at radius 2 is 1.91 bits per heavy atom. The third-order valence-corrected chi connectivity index (χ3v) is 6.46. The maximum Gasteiger partial charge on any atom is 0.294 e. The van der Waals surface area contributed by atoms with Gasteiger partial charge in [0.15, 0.2) is 4.34 Å².